The molecule has 1 aromatic carbocycles. The van der Waals surface area contributed by atoms with Crippen molar-refractivity contribution < 1.29 is 0 Å². The summed E-state index contributed by atoms with van der Waals surface area (Å²) in [4.78, 5) is 2.54. The number of nitrogens with zero attached hydrogens (tertiary/aromatic N) is 1. The fourth-order valence-electron chi connectivity index (χ4n) is 3.06. The van der Waals surface area contributed by atoms with Crippen LogP contribution < -0.4 is 10.2 Å². The molecule has 0 spiro atoms. The van der Waals surface area contributed by atoms with Gasteiger partial charge in [-0.25, -0.2) is 0 Å². The van der Waals surface area contributed by atoms with Crippen molar-refractivity contribution in [3.63, 3.8) is 0 Å². The van der Waals surface area contributed by atoms with Crippen LogP contribution in [0.3, 0.4) is 0 Å². The quantitative estimate of drug-likeness (QED) is 0.685. The van der Waals surface area contributed by atoms with Crippen LogP contribution in [0.15, 0.2) is 24.3 Å². The summed E-state index contributed by atoms with van der Waals surface area (Å²) >= 11 is 0. The van der Waals surface area contributed by atoms with E-state index < -0.39 is 0 Å². The number of anilines is 1. The van der Waals surface area contributed by atoms with Gasteiger partial charge in [-0.2, -0.15) is 0 Å². The van der Waals surface area contributed by atoms with Crippen LogP contribution in [0.2, 0.25) is 0 Å². The topological polar surface area (TPSA) is 15.3 Å². The summed E-state index contributed by atoms with van der Waals surface area (Å²) in [5.74, 6) is 0. The van der Waals surface area contributed by atoms with Crippen LogP contribution in [0, 0.1) is 0 Å². The molecule has 0 aromatic heterocycles. The zero-order chi connectivity index (χ0) is 14.2. The van der Waals surface area contributed by atoms with Gasteiger partial charge in [-0.3, -0.25) is 0 Å². The molecule has 0 fully saturated rings. The molecule has 0 aliphatic carbocycles. The zero-order valence-electron chi connectivity index (χ0n) is 13.2. The molecule has 2 heteroatoms. The molecule has 1 heterocycles. The number of hydrogen-bond acceptors (Lipinski definition) is 2. The van der Waals surface area contributed by atoms with Crippen LogP contribution in [0.4, 0.5) is 5.69 Å². The average Bonchev–Trinajstić information content (AvgIpc) is 2.87. The summed E-state index contributed by atoms with van der Waals surface area (Å²) in [7, 11) is 0. The molecule has 1 unspecified atom stereocenters. The summed E-state index contributed by atoms with van der Waals surface area (Å²) in [6.45, 7) is 8.12. The molecule has 0 saturated carbocycles. The Labute approximate surface area is 124 Å². The molecule has 1 N–H and O–H groups in total. The first-order valence-corrected chi connectivity index (χ1v) is 8.37. The molecule has 1 aromatic rings. The van der Waals surface area contributed by atoms with Crippen LogP contribution >= 0.6 is 0 Å². The number of unbranched alkanes of at least 4 members (excludes halogenated alkanes) is 2. The number of rotatable bonds is 9. The van der Waals surface area contributed by atoms with Gasteiger partial charge in [0.1, 0.15) is 0 Å². The Morgan fingerprint density at radius 3 is 2.90 bits per heavy atom. The van der Waals surface area contributed by atoms with Crippen LogP contribution in [-0.2, 0) is 6.42 Å². The van der Waals surface area contributed by atoms with Gasteiger partial charge in [0, 0.05) is 24.8 Å². The lowest BCUT2D eigenvalue weighted by molar-refractivity contribution is 0.482. The standard InChI is InChI=1S/C18H30N2/c1-3-4-5-9-16(2)19-13-8-14-20-15-12-17-10-6-7-11-18(17)20/h6-7,10-11,16,19H,3-5,8-9,12-15H2,1-2H3. The van der Waals surface area contributed by atoms with Crippen molar-refractivity contribution in [1.29, 1.82) is 0 Å². The van der Waals surface area contributed by atoms with E-state index in [-0.39, 0.29) is 0 Å². The average molecular weight is 274 g/mol. The highest BCUT2D eigenvalue weighted by atomic mass is 15.1. The van der Waals surface area contributed by atoms with Crippen molar-refractivity contribution in [3.8, 4) is 0 Å². The first-order valence-electron chi connectivity index (χ1n) is 8.37. The molecule has 20 heavy (non-hydrogen) atoms. The predicted molar refractivity (Wildman–Crippen MR) is 88.6 cm³/mol. The van der Waals surface area contributed by atoms with E-state index in [1.807, 2.05) is 0 Å². The highest BCUT2D eigenvalue weighted by molar-refractivity contribution is 5.57. The molecule has 0 saturated heterocycles. The maximum absolute atomic E-state index is 3.66. The highest BCUT2D eigenvalue weighted by Gasteiger charge is 2.17. The lowest BCUT2D eigenvalue weighted by atomic mass is 10.1. The van der Waals surface area contributed by atoms with Crippen molar-refractivity contribution in [2.75, 3.05) is 24.5 Å². The Bertz CT molecular complexity index is 389. The van der Waals surface area contributed by atoms with Gasteiger partial charge >= 0.3 is 0 Å². The van der Waals surface area contributed by atoms with Gasteiger partial charge in [0.05, 0.1) is 0 Å². The Balaban J connectivity index is 1.60. The zero-order valence-corrected chi connectivity index (χ0v) is 13.2. The molecule has 1 aliphatic heterocycles. The molecule has 2 rings (SSSR count). The van der Waals surface area contributed by atoms with Gasteiger partial charge < -0.3 is 10.2 Å². The monoisotopic (exact) mass is 274 g/mol. The normalized spacial score (nSPS) is 15.4. The number of benzene rings is 1. The summed E-state index contributed by atoms with van der Waals surface area (Å²) < 4.78 is 0. The van der Waals surface area contributed by atoms with Gasteiger partial charge in [0.25, 0.3) is 0 Å². The van der Waals surface area contributed by atoms with Crippen molar-refractivity contribution in [2.24, 2.45) is 0 Å². The van der Waals surface area contributed by atoms with Crippen molar-refractivity contribution in [3.05, 3.63) is 29.8 Å². The number of fused-ring (bicyclic) bond motifs is 1. The molecule has 2 nitrogen and oxygen atoms in total. The largest absolute Gasteiger partial charge is 0.371 e. The van der Waals surface area contributed by atoms with Crippen molar-refractivity contribution in [2.45, 2.75) is 58.4 Å². The summed E-state index contributed by atoms with van der Waals surface area (Å²) in [5.41, 5.74) is 2.98. The van der Waals surface area contributed by atoms with Crippen molar-refractivity contribution >= 4 is 5.69 Å². The number of para-hydroxylation sites is 1. The van der Waals surface area contributed by atoms with Gasteiger partial charge in [0.15, 0.2) is 0 Å². The second kappa shape index (κ2) is 8.31. The molecular formula is C18H30N2. The Morgan fingerprint density at radius 1 is 1.20 bits per heavy atom. The third-order valence-electron chi connectivity index (χ3n) is 4.32. The minimum Gasteiger partial charge on any atom is -0.371 e. The van der Waals surface area contributed by atoms with Crippen LogP contribution in [0.25, 0.3) is 0 Å². The lowest BCUT2D eigenvalue weighted by Crippen LogP contribution is -2.30. The van der Waals surface area contributed by atoms with Crippen LogP contribution in [-0.4, -0.2) is 25.7 Å². The number of nitrogens with one attached hydrogen (secondary N) is 1. The third kappa shape index (κ3) is 4.52. The Morgan fingerprint density at radius 2 is 2.05 bits per heavy atom. The lowest BCUT2D eigenvalue weighted by Gasteiger charge is -2.20. The summed E-state index contributed by atoms with van der Waals surface area (Å²) in [5, 5.41) is 3.66. The maximum atomic E-state index is 3.66. The minimum absolute atomic E-state index is 0.674. The van der Waals surface area contributed by atoms with E-state index in [0.29, 0.717) is 6.04 Å². The molecule has 1 atom stereocenters. The van der Waals surface area contributed by atoms with Crippen LogP contribution in [0.5, 0.6) is 0 Å². The van der Waals surface area contributed by atoms with Gasteiger partial charge in [-0.15, -0.1) is 0 Å². The molecule has 1 aliphatic rings. The third-order valence-corrected chi connectivity index (χ3v) is 4.32. The molecule has 0 radical (unpaired) electrons. The number of hydrogen-bond donors (Lipinski definition) is 1. The van der Waals surface area contributed by atoms with Gasteiger partial charge in [-0.05, 0) is 44.4 Å². The summed E-state index contributed by atoms with van der Waals surface area (Å²) in [6, 6.07) is 9.52. The van der Waals surface area contributed by atoms with Crippen molar-refractivity contribution in [1.82, 2.24) is 5.32 Å². The fourth-order valence-corrected chi connectivity index (χ4v) is 3.06. The SMILES string of the molecule is CCCCCC(C)NCCCN1CCc2ccccc21. The first-order chi connectivity index (χ1) is 9.81. The van der Waals surface area contributed by atoms with E-state index in [1.165, 1.54) is 62.9 Å². The Kier molecular flexibility index (Phi) is 6.38. The van der Waals surface area contributed by atoms with E-state index in [2.05, 4.69) is 48.3 Å². The van der Waals surface area contributed by atoms with E-state index >= 15 is 0 Å². The minimum atomic E-state index is 0.674. The molecule has 0 amide bonds. The van der Waals surface area contributed by atoms with Gasteiger partial charge in [0.2, 0.25) is 0 Å². The Hall–Kier alpha value is -1.02. The second-order valence-electron chi connectivity index (χ2n) is 6.07. The molecule has 0 bridgehead atoms. The van der Waals surface area contributed by atoms with Gasteiger partial charge in [-0.1, -0.05) is 44.4 Å². The van der Waals surface area contributed by atoms with E-state index in [9.17, 15) is 0 Å². The van der Waals surface area contributed by atoms with E-state index in [1.54, 1.807) is 0 Å². The second-order valence-corrected chi connectivity index (χ2v) is 6.07. The fraction of sp³-hybridized carbons (Fsp3) is 0.667. The smallest absolute Gasteiger partial charge is 0.0399 e. The molecule has 112 valence electrons. The highest BCUT2D eigenvalue weighted by Crippen LogP contribution is 2.27. The first kappa shape index (κ1) is 15.4. The molecular weight excluding hydrogens is 244 g/mol. The van der Waals surface area contributed by atoms with E-state index in [0.717, 1.165) is 6.54 Å². The maximum Gasteiger partial charge on any atom is 0.0399 e. The van der Waals surface area contributed by atoms with Crippen LogP contribution in [0.1, 0.15) is 51.5 Å². The van der Waals surface area contributed by atoms with E-state index in [4.69, 9.17) is 0 Å². The summed E-state index contributed by atoms with van der Waals surface area (Å²) in [6.07, 6.45) is 7.84. The predicted octanol–water partition coefficient (Wildman–Crippen LogP) is 4.00.